The van der Waals surface area contributed by atoms with E-state index >= 15 is 0 Å². The van der Waals surface area contributed by atoms with E-state index in [2.05, 4.69) is 53.3 Å². The van der Waals surface area contributed by atoms with Gasteiger partial charge in [0.05, 0.1) is 17.2 Å². The molecule has 6 heteroatoms. The lowest BCUT2D eigenvalue weighted by atomic mass is 10.0. The van der Waals surface area contributed by atoms with Crippen LogP contribution in [0.25, 0.3) is 10.9 Å². The smallest absolute Gasteiger partial charge is 0.261 e. The lowest BCUT2D eigenvalue weighted by Gasteiger charge is -2.33. The lowest BCUT2D eigenvalue weighted by molar-refractivity contribution is -0.122. The van der Waals surface area contributed by atoms with Gasteiger partial charge in [0, 0.05) is 19.1 Å². The molecule has 0 spiro atoms. The SMILES string of the molecule is CC(C)Cc1ccc(CN2CCC[C@H](NC(=O)Cn3cnc4ccccc4c3=O)C2)cc1. The van der Waals surface area contributed by atoms with E-state index in [1.165, 1.54) is 22.0 Å². The maximum absolute atomic E-state index is 12.6. The molecule has 0 unspecified atom stereocenters. The summed E-state index contributed by atoms with van der Waals surface area (Å²) in [6, 6.07) is 16.2. The highest BCUT2D eigenvalue weighted by atomic mass is 16.2. The third kappa shape index (κ3) is 5.62. The maximum atomic E-state index is 12.6. The van der Waals surface area contributed by atoms with Crippen molar-refractivity contribution in [2.75, 3.05) is 13.1 Å². The van der Waals surface area contributed by atoms with Crippen molar-refractivity contribution in [3.63, 3.8) is 0 Å². The van der Waals surface area contributed by atoms with Crippen molar-refractivity contribution >= 4 is 16.8 Å². The fourth-order valence-corrected chi connectivity index (χ4v) is 4.47. The van der Waals surface area contributed by atoms with Crippen LogP contribution >= 0.6 is 0 Å². The minimum absolute atomic E-state index is 0.00944. The first-order chi connectivity index (χ1) is 15.5. The number of hydrogen-bond acceptors (Lipinski definition) is 4. The van der Waals surface area contributed by atoms with Gasteiger partial charge in [0.1, 0.15) is 6.54 Å². The molecule has 3 aromatic rings. The van der Waals surface area contributed by atoms with Crippen molar-refractivity contribution in [3.05, 3.63) is 76.3 Å². The molecule has 1 aliphatic heterocycles. The van der Waals surface area contributed by atoms with Gasteiger partial charge in [0.2, 0.25) is 5.91 Å². The molecule has 1 N–H and O–H groups in total. The number of carbonyl (C=O) groups excluding carboxylic acids is 1. The zero-order valence-electron chi connectivity index (χ0n) is 19.0. The van der Waals surface area contributed by atoms with Crippen LogP contribution in [0.1, 0.15) is 37.8 Å². The maximum Gasteiger partial charge on any atom is 0.261 e. The van der Waals surface area contributed by atoms with Crippen LogP contribution < -0.4 is 10.9 Å². The van der Waals surface area contributed by atoms with E-state index in [-0.39, 0.29) is 24.1 Å². The van der Waals surface area contributed by atoms with Crippen molar-refractivity contribution in [2.45, 2.75) is 52.2 Å². The molecule has 0 aliphatic carbocycles. The number of nitrogens with zero attached hydrogens (tertiary/aromatic N) is 3. The Morgan fingerprint density at radius 1 is 1.12 bits per heavy atom. The third-order valence-electron chi connectivity index (χ3n) is 5.99. The Labute approximate surface area is 189 Å². The molecule has 1 aromatic heterocycles. The number of fused-ring (bicyclic) bond motifs is 1. The normalized spacial score (nSPS) is 17.0. The molecule has 4 rings (SSSR count). The molecule has 168 valence electrons. The van der Waals surface area contributed by atoms with E-state index in [0.717, 1.165) is 38.9 Å². The summed E-state index contributed by atoms with van der Waals surface area (Å²) in [4.78, 5) is 32.0. The first-order valence-corrected chi connectivity index (χ1v) is 11.5. The number of piperidine rings is 1. The molecule has 0 saturated carbocycles. The highest BCUT2D eigenvalue weighted by Gasteiger charge is 2.22. The molecule has 32 heavy (non-hydrogen) atoms. The summed E-state index contributed by atoms with van der Waals surface area (Å²) < 4.78 is 1.39. The summed E-state index contributed by atoms with van der Waals surface area (Å²) in [5.41, 5.74) is 3.15. The molecule has 2 heterocycles. The molecule has 1 aliphatic rings. The molecule has 1 amide bonds. The van der Waals surface area contributed by atoms with Gasteiger partial charge in [-0.15, -0.1) is 0 Å². The second kappa shape index (κ2) is 10.1. The summed E-state index contributed by atoms with van der Waals surface area (Å²) in [6.07, 6.45) is 4.57. The number of benzene rings is 2. The van der Waals surface area contributed by atoms with Crippen LogP contribution in [0.3, 0.4) is 0 Å². The number of rotatable bonds is 7. The largest absolute Gasteiger partial charge is 0.351 e. The number of para-hydroxylation sites is 1. The molecule has 1 fully saturated rings. The van der Waals surface area contributed by atoms with Gasteiger partial charge in [-0.2, -0.15) is 0 Å². The molecule has 6 nitrogen and oxygen atoms in total. The summed E-state index contributed by atoms with van der Waals surface area (Å²) in [5.74, 6) is 0.516. The van der Waals surface area contributed by atoms with E-state index in [9.17, 15) is 9.59 Å². The Kier molecular flexibility index (Phi) is 7.00. The van der Waals surface area contributed by atoms with Crippen LogP contribution in [-0.2, 0) is 24.3 Å². The Bertz CT molecular complexity index is 1120. The molecule has 2 aromatic carbocycles. The zero-order valence-corrected chi connectivity index (χ0v) is 19.0. The van der Waals surface area contributed by atoms with Gasteiger partial charge in [0.15, 0.2) is 0 Å². The molecule has 1 atom stereocenters. The van der Waals surface area contributed by atoms with Gasteiger partial charge in [-0.1, -0.05) is 50.2 Å². The number of nitrogens with one attached hydrogen (secondary N) is 1. The monoisotopic (exact) mass is 432 g/mol. The summed E-state index contributed by atoms with van der Waals surface area (Å²) >= 11 is 0. The topological polar surface area (TPSA) is 67.2 Å². The Balaban J connectivity index is 1.32. The van der Waals surface area contributed by atoms with Crippen LogP contribution in [0.4, 0.5) is 0 Å². The van der Waals surface area contributed by atoms with E-state index in [1.54, 1.807) is 12.1 Å². The molecular weight excluding hydrogens is 400 g/mol. The number of hydrogen-bond donors (Lipinski definition) is 1. The van der Waals surface area contributed by atoms with E-state index in [0.29, 0.717) is 16.8 Å². The highest BCUT2D eigenvalue weighted by Crippen LogP contribution is 2.16. The predicted octanol–water partition coefficient (Wildman–Crippen LogP) is 3.38. The van der Waals surface area contributed by atoms with Crippen molar-refractivity contribution < 1.29 is 4.79 Å². The van der Waals surface area contributed by atoms with E-state index < -0.39 is 0 Å². The van der Waals surface area contributed by atoms with E-state index in [4.69, 9.17) is 0 Å². The van der Waals surface area contributed by atoms with Crippen molar-refractivity contribution in [1.29, 1.82) is 0 Å². The zero-order chi connectivity index (χ0) is 22.5. The van der Waals surface area contributed by atoms with Crippen LogP contribution in [0.2, 0.25) is 0 Å². The van der Waals surface area contributed by atoms with Gasteiger partial charge in [-0.3, -0.25) is 19.1 Å². The van der Waals surface area contributed by atoms with Crippen LogP contribution in [0, 0.1) is 5.92 Å². The van der Waals surface area contributed by atoms with E-state index in [1.807, 2.05) is 12.1 Å². The second-order valence-electron chi connectivity index (χ2n) is 9.25. The Hall–Kier alpha value is -2.99. The Morgan fingerprint density at radius 2 is 1.88 bits per heavy atom. The van der Waals surface area contributed by atoms with Crippen molar-refractivity contribution in [3.8, 4) is 0 Å². The lowest BCUT2D eigenvalue weighted by Crippen LogP contribution is -2.48. The van der Waals surface area contributed by atoms with Gasteiger partial charge in [-0.05, 0) is 55.0 Å². The average molecular weight is 433 g/mol. The van der Waals surface area contributed by atoms with Gasteiger partial charge < -0.3 is 5.32 Å². The van der Waals surface area contributed by atoms with Gasteiger partial charge >= 0.3 is 0 Å². The predicted molar refractivity (Wildman–Crippen MR) is 127 cm³/mol. The summed E-state index contributed by atoms with van der Waals surface area (Å²) in [7, 11) is 0. The van der Waals surface area contributed by atoms with Crippen molar-refractivity contribution in [1.82, 2.24) is 19.8 Å². The number of carbonyl (C=O) groups is 1. The fourth-order valence-electron chi connectivity index (χ4n) is 4.47. The highest BCUT2D eigenvalue weighted by molar-refractivity contribution is 5.79. The molecule has 0 bridgehead atoms. The van der Waals surface area contributed by atoms with Crippen LogP contribution in [0.15, 0.2) is 59.7 Å². The molecular formula is C26H32N4O2. The first-order valence-electron chi connectivity index (χ1n) is 11.5. The summed E-state index contributed by atoms with van der Waals surface area (Å²) in [6.45, 7) is 7.22. The molecule has 0 radical (unpaired) electrons. The number of aromatic nitrogens is 2. The second-order valence-corrected chi connectivity index (χ2v) is 9.25. The van der Waals surface area contributed by atoms with Gasteiger partial charge in [0.25, 0.3) is 5.56 Å². The summed E-state index contributed by atoms with van der Waals surface area (Å²) in [5, 5.41) is 3.65. The standard InChI is InChI=1S/C26H32N4O2/c1-19(2)14-20-9-11-21(12-10-20)15-29-13-5-6-22(16-29)28-25(31)17-30-18-27-24-8-4-3-7-23(24)26(30)32/h3-4,7-12,18-19,22H,5-6,13-17H2,1-2H3,(H,28,31)/t22-/m0/s1. The minimum atomic E-state index is -0.183. The minimum Gasteiger partial charge on any atom is -0.351 e. The first kappa shape index (κ1) is 22.2. The third-order valence-corrected chi connectivity index (χ3v) is 5.99. The van der Waals surface area contributed by atoms with Crippen LogP contribution in [0.5, 0.6) is 0 Å². The van der Waals surface area contributed by atoms with Crippen LogP contribution in [-0.4, -0.2) is 39.5 Å². The fraction of sp³-hybridized carbons (Fsp3) is 0.423. The van der Waals surface area contributed by atoms with Crippen molar-refractivity contribution in [2.24, 2.45) is 5.92 Å². The number of likely N-dealkylation sites (tertiary alicyclic amines) is 1. The quantitative estimate of drug-likeness (QED) is 0.622. The Morgan fingerprint density at radius 3 is 2.66 bits per heavy atom. The number of amides is 1. The van der Waals surface area contributed by atoms with Gasteiger partial charge in [-0.25, -0.2) is 4.98 Å². The molecule has 1 saturated heterocycles. The average Bonchev–Trinajstić information content (AvgIpc) is 2.77.